The fraction of sp³-hybridized carbons (Fsp3) is 0.0455. The Morgan fingerprint density at radius 3 is 2.50 bits per heavy atom. The molecule has 0 saturated heterocycles. The number of nitrogens with zero attached hydrogens (tertiary/aromatic N) is 2. The highest BCUT2D eigenvalue weighted by Crippen LogP contribution is 2.30. The van der Waals surface area contributed by atoms with E-state index >= 15 is 0 Å². The number of hydrogen-bond acceptors (Lipinski definition) is 4. The summed E-state index contributed by atoms with van der Waals surface area (Å²) in [7, 11) is 0. The molecule has 5 nitrogen and oxygen atoms in total. The van der Waals surface area contributed by atoms with E-state index in [-0.39, 0.29) is 29.2 Å². The second-order valence-corrected chi connectivity index (χ2v) is 5.91. The van der Waals surface area contributed by atoms with Crippen LogP contribution in [0, 0.1) is 27.3 Å². The summed E-state index contributed by atoms with van der Waals surface area (Å²) in [6.07, 6.45) is 1.41. The highest BCUT2D eigenvalue weighted by molar-refractivity contribution is 5.90. The molecule has 0 aliphatic carbocycles. The monoisotopic (exact) mass is 374 g/mol. The van der Waals surface area contributed by atoms with E-state index in [1.807, 2.05) is 36.4 Å². The van der Waals surface area contributed by atoms with Crippen molar-refractivity contribution in [2.24, 2.45) is 0 Å². The van der Waals surface area contributed by atoms with Crippen molar-refractivity contribution in [1.82, 2.24) is 0 Å². The molecule has 6 heteroatoms. The topological polar surface area (TPSA) is 76.2 Å². The molecule has 0 bridgehead atoms. The molecule has 0 unspecified atom stereocenters. The maximum absolute atomic E-state index is 13.9. The van der Waals surface area contributed by atoms with Crippen molar-refractivity contribution in [3.8, 4) is 11.8 Å². The average Bonchev–Trinajstić information content (AvgIpc) is 2.72. The molecule has 0 fully saturated rings. The Morgan fingerprint density at radius 2 is 1.82 bits per heavy atom. The van der Waals surface area contributed by atoms with Crippen LogP contribution in [0.2, 0.25) is 0 Å². The van der Waals surface area contributed by atoms with Gasteiger partial charge in [-0.15, -0.1) is 0 Å². The molecule has 28 heavy (non-hydrogen) atoms. The first kappa shape index (κ1) is 18.8. The minimum absolute atomic E-state index is 0.0744. The van der Waals surface area contributed by atoms with Crippen molar-refractivity contribution < 1.29 is 14.1 Å². The van der Waals surface area contributed by atoms with E-state index in [0.29, 0.717) is 5.56 Å². The van der Waals surface area contributed by atoms with Crippen LogP contribution in [-0.4, -0.2) is 4.92 Å². The highest BCUT2D eigenvalue weighted by atomic mass is 19.1. The van der Waals surface area contributed by atoms with Crippen LogP contribution in [0.25, 0.3) is 11.6 Å². The molecule has 0 saturated carbocycles. The third-order valence-electron chi connectivity index (χ3n) is 4.01. The van der Waals surface area contributed by atoms with E-state index in [2.05, 4.69) is 0 Å². The number of allylic oxidation sites excluding steroid dienone is 1. The van der Waals surface area contributed by atoms with Crippen molar-refractivity contribution >= 4 is 17.3 Å². The highest BCUT2D eigenvalue weighted by Gasteiger charge is 2.16. The summed E-state index contributed by atoms with van der Waals surface area (Å²) in [5, 5.41) is 20.8. The van der Waals surface area contributed by atoms with Crippen LogP contribution >= 0.6 is 0 Å². The van der Waals surface area contributed by atoms with Crippen molar-refractivity contribution in [3.05, 3.63) is 105 Å². The number of nitro groups is 1. The quantitative estimate of drug-likeness (QED) is 0.251. The van der Waals surface area contributed by atoms with Crippen LogP contribution in [-0.2, 0) is 6.61 Å². The Bertz CT molecular complexity index is 1070. The zero-order chi connectivity index (χ0) is 19.9. The van der Waals surface area contributed by atoms with Gasteiger partial charge in [0.2, 0.25) is 0 Å². The van der Waals surface area contributed by atoms with Crippen LogP contribution in [0.15, 0.2) is 72.8 Å². The second kappa shape index (κ2) is 8.60. The average molecular weight is 374 g/mol. The number of nitro benzene ring substituents is 1. The minimum Gasteiger partial charge on any atom is -0.482 e. The fourth-order valence-electron chi connectivity index (χ4n) is 2.64. The number of halogens is 1. The minimum atomic E-state index is -0.549. The molecule has 0 aliphatic rings. The SMILES string of the molecule is N#C/C(=C/c1ccc(OCc2ccccc2)c([N+](=O)[O-])c1)c1ccccc1F. The Hall–Kier alpha value is -3.98. The van der Waals surface area contributed by atoms with Gasteiger partial charge < -0.3 is 4.74 Å². The predicted octanol–water partition coefficient (Wildman–Crippen LogP) is 5.38. The molecule has 0 radical (unpaired) electrons. The van der Waals surface area contributed by atoms with E-state index in [0.717, 1.165) is 5.56 Å². The number of rotatable bonds is 6. The smallest absolute Gasteiger partial charge is 0.311 e. The number of nitriles is 1. The molecule has 0 heterocycles. The Kier molecular flexibility index (Phi) is 5.78. The van der Waals surface area contributed by atoms with Crippen LogP contribution in [0.3, 0.4) is 0 Å². The molecular formula is C22H15FN2O3. The molecule has 3 aromatic carbocycles. The number of hydrogen-bond donors (Lipinski definition) is 0. The lowest BCUT2D eigenvalue weighted by atomic mass is 10.0. The maximum atomic E-state index is 13.9. The lowest BCUT2D eigenvalue weighted by Crippen LogP contribution is -1.99. The summed E-state index contributed by atoms with van der Waals surface area (Å²) in [6.45, 7) is 0.190. The first-order chi connectivity index (χ1) is 13.6. The zero-order valence-corrected chi connectivity index (χ0v) is 14.7. The summed E-state index contributed by atoms with van der Waals surface area (Å²) >= 11 is 0. The Morgan fingerprint density at radius 1 is 1.11 bits per heavy atom. The van der Waals surface area contributed by atoms with Crippen molar-refractivity contribution in [3.63, 3.8) is 0 Å². The normalized spacial score (nSPS) is 10.9. The summed E-state index contributed by atoms with van der Waals surface area (Å²) in [5.74, 6) is -0.414. The van der Waals surface area contributed by atoms with Gasteiger partial charge in [0.1, 0.15) is 12.4 Å². The van der Waals surface area contributed by atoms with Gasteiger partial charge in [-0.2, -0.15) is 5.26 Å². The van der Waals surface area contributed by atoms with Gasteiger partial charge in [-0.3, -0.25) is 10.1 Å². The van der Waals surface area contributed by atoms with Gasteiger partial charge in [0.15, 0.2) is 5.75 Å². The van der Waals surface area contributed by atoms with Crippen LogP contribution in [0.1, 0.15) is 16.7 Å². The third kappa shape index (κ3) is 4.40. The lowest BCUT2D eigenvalue weighted by Gasteiger charge is -2.08. The molecule has 0 spiro atoms. The third-order valence-corrected chi connectivity index (χ3v) is 4.01. The summed E-state index contributed by atoms with van der Waals surface area (Å²) in [5.41, 5.74) is 1.27. The largest absolute Gasteiger partial charge is 0.482 e. The van der Waals surface area contributed by atoms with Crippen molar-refractivity contribution in [2.75, 3.05) is 0 Å². The van der Waals surface area contributed by atoms with Gasteiger partial charge in [0.05, 0.1) is 16.6 Å². The number of benzene rings is 3. The van der Waals surface area contributed by atoms with Gasteiger partial charge in [-0.25, -0.2) is 4.39 Å². The molecule has 3 aromatic rings. The molecule has 138 valence electrons. The van der Waals surface area contributed by atoms with E-state index in [1.54, 1.807) is 12.1 Å². The summed E-state index contributed by atoms with van der Waals surface area (Å²) < 4.78 is 19.5. The van der Waals surface area contributed by atoms with Gasteiger partial charge in [-0.1, -0.05) is 54.6 Å². The van der Waals surface area contributed by atoms with Gasteiger partial charge >= 0.3 is 5.69 Å². The number of ether oxygens (including phenoxy) is 1. The molecular weight excluding hydrogens is 359 g/mol. The summed E-state index contributed by atoms with van der Waals surface area (Å²) in [6, 6.07) is 21.5. The van der Waals surface area contributed by atoms with Crippen molar-refractivity contribution in [2.45, 2.75) is 6.61 Å². The van der Waals surface area contributed by atoms with Crippen LogP contribution in [0.4, 0.5) is 10.1 Å². The van der Waals surface area contributed by atoms with Gasteiger partial charge in [0.25, 0.3) is 0 Å². The lowest BCUT2D eigenvalue weighted by molar-refractivity contribution is -0.386. The van der Waals surface area contributed by atoms with E-state index in [1.165, 1.54) is 36.4 Å². The molecule has 0 aliphatic heterocycles. The standard InChI is InChI=1S/C22H15FN2O3/c23-20-9-5-4-8-19(20)18(14-24)12-17-10-11-22(21(13-17)25(26)27)28-15-16-6-2-1-3-7-16/h1-13H,15H2/b18-12-. The maximum Gasteiger partial charge on any atom is 0.311 e. The first-order valence-electron chi connectivity index (χ1n) is 8.40. The van der Waals surface area contributed by atoms with E-state index in [4.69, 9.17) is 4.74 Å². The van der Waals surface area contributed by atoms with Crippen LogP contribution < -0.4 is 4.74 Å². The van der Waals surface area contributed by atoms with Gasteiger partial charge in [-0.05, 0) is 29.3 Å². The fourth-order valence-corrected chi connectivity index (χ4v) is 2.64. The first-order valence-corrected chi connectivity index (χ1v) is 8.40. The van der Waals surface area contributed by atoms with Gasteiger partial charge in [0, 0.05) is 11.6 Å². The van der Waals surface area contributed by atoms with Crippen LogP contribution in [0.5, 0.6) is 5.75 Å². The molecule has 0 aromatic heterocycles. The molecule has 3 rings (SSSR count). The second-order valence-electron chi connectivity index (χ2n) is 5.91. The van der Waals surface area contributed by atoms with E-state index in [9.17, 15) is 19.8 Å². The molecule has 0 N–H and O–H groups in total. The summed E-state index contributed by atoms with van der Waals surface area (Å²) in [4.78, 5) is 10.9. The predicted molar refractivity (Wildman–Crippen MR) is 104 cm³/mol. The molecule has 0 amide bonds. The Balaban J connectivity index is 1.91. The zero-order valence-electron chi connectivity index (χ0n) is 14.7. The van der Waals surface area contributed by atoms with Crippen molar-refractivity contribution in [1.29, 1.82) is 5.26 Å². The van der Waals surface area contributed by atoms with E-state index < -0.39 is 10.7 Å². The molecule has 0 atom stereocenters. The Labute approximate surface area is 161 Å².